The van der Waals surface area contributed by atoms with Gasteiger partial charge in [-0.3, -0.25) is 4.98 Å². The van der Waals surface area contributed by atoms with E-state index in [0.717, 1.165) is 27.9 Å². The molecule has 4 aromatic rings. The summed E-state index contributed by atoms with van der Waals surface area (Å²) in [7, 11) is 0. The first-order valence-corrected chi connectivity index (χ1v) is 9.89. The highest BCUT2D eigenvalue weighted by Crippen LogP contribution is 2.35. The Morgan fingerprint density at radius 1 is 0.800 bits per heavy atom. The van der Waals surface area contributed by atoms with Crippen LogP contribution >= 0.6 is 0 Å². The molecule has 1 aromatic heterocycles. The fourth-order valence-corrected chi connectivity index (χ4v) is 3.39. The molecule has 0 aliphatic heterocycles. The van der Waals surface area contributed by atoms with E-state index in [1.807, 2.05) is 54.6 Å². The van der Waals surface area contributed by atoms with Crippen molar-refractivity contribution >= 4 is 17.5 Å². The molecule has 4 nitrogen and oxygen atoms in total. The summed E-state index contributed by atoms with van der Waals surface area (Å²) < 4.78 is 5.34. The number of ether oxygens (including phenoxy) is 1. The van der Waals surface area contributed by atoms with Gasteiger partial charge in [-0.15, -0.1) is 0 Å². The second-order valence-electron chi connectivity index (χ2n) is 6.71. The Bertz CT molecular complexity index is 1110. The maximum atomic E-state index is 12.8. The first kappa shape index (κ1) is 19.4. The molecule has 0 radical (unpaired) electrons. The number of hydrogen-bond acceptors (Lipinski definition) is 3. The van der Waals surface area contributed by atoms with Crippen LogP contribution in [0.4, 0.5) is 16.2 Å². The maximum absolute atomic E-state index is 12.8. The van der Waals surface area contributed by atoms with E-state index in [-0.39, 0.29) is 0 Å². The first-order chi connectivity index (χ1) is 14.8. The van der Waals surface area contributed by atoms with E-state index in [1.165, 1.54) is 0 Å². The van der Waals surface area contributed by atoms with Crippen LogP contribution in [-0.4, -0.2) is 17.7 Å². The summed E-state index contributed by atoms with van der Waals surface area (Å²) in [5, 5.41) is 0. The van der Waals surface area contributed by atoms with Crippen molar-refractivity contribution in [2.45, 2.75) is 6.92 Å². The highest BCUT2D eigenvalue weighted by Gasteiger charge is 2.22. The van der Waals surface area contributed by atoms with Crippen LogP contribution in [0.5, 0.6) is 0 Å². The SMILES string of the molecule is CCOC(=O)N(c1ccccc1)c1cnccc1-c1ccc(-c2ccccc2)cc1. The number of carbonyl (C=O) groups excluding carboxylic acids is 1. The summed E-state index contributed by atoms with van der Waals surface area (Å²) in [6, 6.07) is 29.9. The molecule has 0 N–H and O–H groups in total. The summed E-state index contributed by atoms with van der Waals surface area (Å²) in [4.78, 5) is 18.7. The van der Waals surface area contributed by atoms with Gasteiger partial charge in [0.2, 0.25) is 0 Å². The number of hydrogen-bond donors (Lipinski definition) is 0. The summed E-state index contributed by atoms with van der Waals surface area (Å²) in [5.74, 6) is 0. The minimum absolute atomic E-state index is 0.295. The van der Waals surface area contributed by atoms with E-state index in [1.54, 1.807) is 24.2 Å². The summed E-state index contributed by atoms with van der Waals surface area (Å²) in [6.45, 7) is 2.09. The fourth-order valence-electron chi connectivity index (χ4n) is 3.39. The molecule has 1 heterocycles. The van der Waals surface area contributed by atoms with Gasteiger partial charge in [-0.1, -0.05) is 72.8 Å². The lowest BCUT2D eigenvalue weighted by atomic mass is 9.99. The van der Waals surface area contributed by atoms with Gasteiger partial charge in [-0.25, -0.2) is 9.69 Å². The predicted octanol–water partition coefficient (Wildman–Crippen LogP) is 6.71. The lowest BCUT2D eigenvalue weighted by molar-refractivity contribution is 0.162. The number of pyridine rings is 1. The number of rotatable bonds is 5. The van der Waals surface area contributed by atoms with Crippen LogP contribution in [0.2, 0.25) is 0 Å². The van der Waals surface area contributed by atoms with Gasteiger partial charge in [-0.05, 0) is 41.8 Å². The van der Waals surface area contributed by atoms with Gasteiger partial charge in [-0.2, -0.15) is 0 Å². The number of para-hydroxylation sites is 1. The zero-order valence-corrected chi connectivity index (χ0v) is 16.7. The van der Waals surface area contributed by atoms with Crippen LogP contribution in [0.15, 0.2) is 103 Å². The van der Waals surface area contributed by atoms with E-state index >= 15 is 0 Å². The molecule has 0 saturated carbocycles. The normalized spacial score (nSPS) is 10.4. The number of amides is 1. The monoisotopic (exact) mass is 394 g/mol. The molecule has 148 valence electrons. The third-order valence-electron chi connectivity index (χ3n) is 4.81. The number of nitrogens with zero attached hydrogens (tertiary/aromatic N) is 2. The van der Waals surface area contributed by atoms with Crippen LogP contribution in [0.1, 0.15) is 6.92 Å². The van der Waals surface area contributed by atoms with Crippen molar-refractivity contribution in [1.29, 1.82) is 0 Å². The number of anilines is 2. The van der Waals surface area contributed by atoms with Crippen molar-refractivity contribution in [2.75, 3.05) is 11.5 Å². The molecule has 30 heavy (non-hydrogen) atoms. The fraction of sp³-hybridized carbons (Fsp3) is 0.0769. The molecule has 0 unspecified atom stereocenters. The Labute approximate surface area is 176 Å². The van der Waals surface area contributed by atoms with Gasteiger partial charge < -0.3 is 4.74 Å². The Hall–Kier alpha value is -3.92. The molecule has 0 aliphatic rings. The average molecular weight is 394 g/mol. The lowest BCUT2D eigenvalue weighted by Gasteiger charge is -2.24. The van der Waals surface area contributed by atoms with Crippen LogP contribution in [0, 0.1) is 0 Å². The third-order valence-corrected chi connectivity index (χ3v) is 4.81. The smallest absolute Gasteiger partial charge is 0.419 e. The number of benzene rings is 3. The van der Waals surface area contributed by atoms with E-state index in [2.05, 4.69) is 41.4 Å². The molecule has 0 saturated heterocycles. The summed E-state index contributed by atoms with van der Waals surface area (Å²) in [5.41, 5.74) is 5.61. The second-order valence-corrected chi connectivity index (χ2v) is 6.71. The van der Waals surface area contributed by atoms with Gasteiger partial charge >= 0.3 is 6.09 Å². The van der Waals surface area contributed by atoms with Crippen LogP contribution in [-0.2, 0) is 4.74 Å². The number of carbonyl (C=O) groups is 1. The maximum Gasteiger partial charge on any atom is 0.419 e. The highest BCUT2D eigenvalue weighted by atomic mass is 16.6. The van der Waals surface area contributed by atoms with E-state index < -0.39 is 6.09 Å². The quantitative estimate of drug-likeness (QED) is 0.378. The van der Waals surface area contributed by atoms with Gasteiger partial charge in [0.25, 0.3) is 0 Å². The van der Waals surface area contributed by atoms with E-state index in [0.29, 0.717) is 12.3 Å². The standard InChI is InChI=1S/C26H22N2O2/c1-2-30-26(29)28(23-11-7-4-8-12-23)25-19-27-18-17-24(25)22-15-13-21(14-16-22)20-9-5-3-6-10-20/h3-19H,2H2,1H3. The van der Waals surface area contributed by atoms with E-state index in [4.69, 9.17) is 4.74 Å². The second kappa shape index (κ2) is 9.05. The molecular weight excluding hydrogens is 372 g/mol. The average Bonchev–Trinajstić information content (AvgIpc) is 2.81. The largest absolute Gasteiger partial charge is 0.449 e. The molecule has 3 aromatic carbocycles. The number of aromatic nitrogens is 1. The van der Waals surface area contributed by atoms with Crippen molar-refractivity contribution in [2.24, 2.45) is 0 Å². The third kappa shape index (κ3) is 4.08. The molecule has 4 heteroatoms. The summed E-state index contributed by atoms with van der Waals surface area (Å²) >= 11 is 0. The van der Waals surface area contributed by atoms with Crippen LogP contribution < -0.4 is 4.90 Å². The minimum Gasteiger partial charge on any atom is -0.449 e. The Morgan fingerprint density at radius 2 is 1.40 bits per heavy atom. The van der Waals surface area contributed by atoms with Crippen molar-refractivity contribution in [3.63, 3.8) is 0 Å². The molecule has 0 atom stereocenters. The predicted molar refractivity (Wildman–Crippen MR) is 121 cm³/mol. The zero-order chi connectivity index (χ0) is 20.8. The van der Waals surface area contributed by atoms with Crippen LogP contribution in [0.25, 0.3) is 22.3 Å². The molecule has 1 amide bonds. The molecule has 0 fully saturated rings. The van der Waals surface area contributed by atoms with Gasteiger partial charge in [0.15, 0.2) is 0 Å². The Morgan fingerprint density at radius 3 is 2.07 bits per heavy atom. The van der Waals surface area contributed by atoms with Crippen molar-refractivity contribution in [3.8, 4) is 22.3 Å². The molecule has 4 rings (SSSR count). The molecular formula is C26H22N2O2. The molecule has 0 spiro atoms. The van der Waals surface area contributed by atoms with Gasteiger partial charge in [0.05, 0.1) is 24.2 Å². The van der Waals surface area contributed by atoms with Crippen LogP contribution in [0.3, 0.4) is 0 Å². The zero-order valence-electron chi connectivity index (χ0n) is 16.7. The Balaban J connectivity index is 1.77. The van der Waals surface area contributed by atoms with Crippen molar-refractivity contribution in [1.82, 2.24) is 4.98 Å². The van der Waals surface area contributed by atoms with Gasteiger partial charge in [0.1, 0.15) is 0 Å². The van der Waals surface area contributed by atoms with E-state index in [9.17, 15) is 4.79 Å². The van der Waals surface area contributed by atoms with Crippen molar-refractivity contribution in [3.05, 3.63) is 103 Å². The molecule has 0 bridgehead atoms. The first-order valence-electron chi connectivity index (χ1n) is 9.89. The minimum atomic E-state index is -0.432. The van der Waals surface area contributed by atoms with Crippen molar-refractivity contribution < 1.29 is 9.53 Å². The summed E-state index contributed by atoms with van der Waals surface area (Å²) in [6.07, 6.45) is 3.00. The Kier molecular flexibility index (Phi) is 5.85. The lowest BCUT2D eigenvalue weighted by Crippen LogP contribution is -2.27. The highest BCUT2D eigenvalue weighted by molar-refractivity contribution is 6.00. The van der Waals surface area contributed by atoms with Gasteiger partial charge in [0, 0.05) is 11.8 Å². The molecule has 0 aliphatic carbocycles. The topological polar surface area (TPSA) is 42.4 Å².